The van der Waals surface area contributed by atoms with Crippen LogP contribution in [-0.2, 0) is 4.79 Å². The zero-order valence-corrected chi connectivity index (χ0v) is 11.8. The number of carbonyl (C=O) groups excluding carboxylic acids is 1. The lowest BCUT2D eigenvalue weighted by atomic mass is 10.0. The van der Waals surface area contributed by atoms with Gasteiger partial charge in [0.25, 0.3) is 0 Å². The third-order valence-corrected chi connectivity index (χ3v) is 4.51. The molecule has 2 aliphatic rings. The van der Waals surface area contributed by atoms with Crippen molar-refractivity contribution in [2.75, 3.05) is 40.3 Å². The molecular formula is C14H27N3O. The zero-order chi connectivity index (χ0) is 13.0. The first-order valence-electron chi connectivity index (χ1n) is 7.31. The molecule has 4 heteroatoms. The van der Waals surface area contributed by atoms with Gasteiger partial charge in [-0.15, -0.1) is 0 Å². The summed E-state index contributed by atoms with van der Waals surface area (Å²) in [6.07, 6.45) is 5.52. The molecule has 0 aliphatic carbocycles. The lowest BCUT2D eigenvalue weighted by Gasteiger charge is -2.26. The maximum Gasteiger partial charge on any atom is 0.222 e. The van der Waals surface area contributed by atoms with E-state index in [-0.39, 0.29) is 0 Å². The summed E-state index contributed by atoms with van der Waals surface area (Å²) >= 11 is 0. The SMILES string of the molecule is CN(CC1CCCN1C)C(=O)CCC1CCNC1. The number of hydrogen-bond donors (Lipinski definition) is 1. The number of nitrogens with one attached hydrogen (secondary N) is 1. The molecule has 2 atom stereocenters. The van der Waals surface area contributed by atoms with Crippen molar-refractivity contribution in [1.82, 2.24) is 15.1 Å². The minimum atomic E-state index is 0.321. The lowest BCUT2D eigenvalue weighted by Crippen LogP contribution is -2.39. The first-order chi connectivity index (χ1) is 8.66. The van der Waals surface area contributed by atoms with Gasteiger partial charge in [0, 0.05) is 26.1 Å². The maximum atomic E-state index is 12.1. The van der Waals surface area contributed by atoms with Crippen LogP contribution in [0.5, 0.6) is 0 Å². The molecule has 0 spiro atoms. The number of carbonyl (C=O) groups is 1. The van der Waals surface area contributed by atoms with Crippen molar-refractivity contribution in [2.24, 2.45) is 5.92 Å². The molecule has 2 saturated heterocycles. The van der Waals surface area contributed by atoms with Crippen LogP contribution in [-0.4, -0.2) is 62.0 Å². The third-order valence-electron chi connectivity index (χ3n) is 4.51. The van der Waals surface area contributed by atoms with Crippen molar-refractivity contribution in [3.05, 3.63) is 0 Å². The fraction of sp³-hybridized carbons (Fsp3) is 0.929. The molecule has 2 aliphatic heterocycles. The number of rotatable bonds is 5. The average Bonchev–Trinajstić information content (AvgIpc) is 2.99. The van der Waals surface area contributed by atoms with Gasteiger partial charge >= 0.3 is 0 Å². The molecule has 0 aromatic rings. The molecule has 2 heterocycles. The van der Waals surface area contributed by atoms with Gasteiger partial charge in [-0.1, -0.05) is 0 Å². The number of likely N-dealkylation sites (tertiary alicyclic amines) is 1. The molecular weight excluding hydrogens is 226 g/mol. The van der Waals surface area contributed by atoms with Crippen molar-refractivity contribution < 1.29 is 4.79 Å². The molecule has 2 rings (SSSR count). The Bertz CT molecular complexity index is 276. The molecule has 0 aromatic heterocycles. The topological polar surface area (TPSA) is 35.6 Å². The minimum Gasteiger partial charge on any atom is -0.344 e. The summed E-state index contributed by atoms with van der Waals surface area (Å²) in [5.74, 6) is 1.04. The second kappa shape index (κ2) is 6.53. The molecule has 2 unspecified atom stereocenters. The molecule has 1 N–H and O–H groups in total. The second-order valence-corrected chi connectivity index (χ2v) is 5.95. The van der Waals surface area contributed by atoms with E-state index in [1.165, 1.54) is 25.8 Å². The summed E-state index contributed by atoms with van der Waals surface area (Å²) in [5.41, 5.74) is 0. The van der Waals surface area contributed by atoms with Gasteiger partial charge in [0.05, 0.1) is 0 Å². The largest absolute Gasteiger partial charge is 0.344 e. The highest BCUT2D eigenvalue weighted by Crippen LogP contribution is 2.17. The van der Waals surface area contributed by atoms with Gasteiger partial charge in [-0.3, -0.25) is 4.79 Å². The van der Waals surface area contributed by atoms with Crippen LogP contribution in [0.4, 0.5) is 0 Å². The highest BCUT2D eigenvalue weighted by atomic mass is 16.2. The van der Waals surface area contributed by atoms with E-state index >= 15 is 0 Å². The highest BCUT2D eigenvalue weighted by Gasteiger charge is 2.24. The Morgan fingerprint density at radius 2 is 2.28 bits per heavy atom. The van der Waals surface area contributed by atoms with Crippen molar-refractivity contribution >= 4 is 5.91 Å². The van der Waals surface area contributed by atoms with E-state index < -0.39 is 0 Å². The van der Waals surface area contributed by atoms with Crippen molar-refractivity contribution in [1.29, 1.82) is 0 Å². The summed E-state index contributed by atoms with van der Waals surface area (Å²) in [6, 6.07) is 0.576. The summed E-state index contributed by atoms with van der Waals surface area (Å²) in [5, 5.41) is 3.36. The Morgan fingerprint density at radius 3 is 2.89 bits per heavy atom. The first kappa shape index (κ1) is 13.8. The summed E-state index contributed by atoms with van der Waals surface area (Å²) in [7, 11) is 4.13. The average molecular weight is 253 g/mol. The maximum absolute atomic E-state index is 12.1. The standard InChI is InChI=1S/C14H27N3O/c1-16-9-3-4-13(16)11-17(2)14(18)6-5-12-7-8-15-10-12/h12-13,15H,3-11H2,1-2H3. The quantitative estimate of drug-likeness (QED) is 0.792. The summed E-state index contributed by atoms with van der Waals surface area (Å²) < 4.78 is 0. The molecule has 0 radical (unpaired) electrons. The Morgan fingerprint density at radius 1 is 1.44 bits per heavy atom. The van der Waals surface area contributed by atoms with Crippen molar-refractivity contribution in [3.63, 3.8) is 0 Å². The van der Waals surface area contributed by atoms with E-state index in [2.05, 4.69) is 17.3 Å². The number of likely N-dealkylation sites (N-methyl/N-ethyl adjacent to an activating group) is 2. The van der Waals surface area contributed by atoms with Gasteiger partial charge in [-0.05, 0) is 58.3 Å². The predicted octanol–water partition coefficient (Wildman–Crippen LogP) is 0.929. The second-order valence-electron chi connectivity index (χ2n) is 5.95. The fourth-order valence-electron chi connectivity index (χ4n) is 3.11. The van der Waals surface area contributed by atoms with E-state index in [0.717, 1.165) is 38.4 Å². The molecule has 104 valence electrons. The zero-order valence-electron chi connectivity index (χ0n) is 11.8. The van der Waals surface area contributed by atoms with Gasteiger partial charge in [0.1, 0.15) is 0 Å². The Kier molecular flexibility index (Phi) is 5.01. The molecule has 0 bridgehead atoms. The van der Waals surface area contributed by atoms with Gasteiger partial charge in [0.15, 0.2) is 0 Å². The van der Waals surface area contributed by atoms with Crippen LogP contribution >= 0.6 is 0 Å². The van der Waals surface area contributed by atoms with E-state index in [9.17, 15) is 4.79 Å². The van der Waals surface area contributed by atoms with E-state index in [4.69, 9.17) is 0 Å². The normalized spacial score (nSPS) is 28.8. The van der Waals surface area contributed by atoms with Gasteiger partial charge < -0.3 is 15.1 Å². The number of hydrogen-bond acceptors (Lipinski definition) is 3. The molecule has 1 amide bonds. The van der Waals surface area contributed by atoms with Crippen LogP contribution in [0, 0.1) is 5.92 Å². The van der Waals surface area contributed by atoms with Crippen LogP contribution in [0.1, 0.15) is 32.1 Å². The third kappa shape index (κ3) is 3.69. The lowest BCUT2D eigenvalue weighted by molar-refractivity contribution is -0.130. The van der Waals surface area contributed by atoms with Crippen LogP contribution in [0.3, 0.4) is 0 Å². The monoisotopic (exact) mass is 253 g/mol. The van der Waals surface area contributed by atoms with Crippen LogP contribution in [0.25, 0.3) is 0 Å². The van der Waals surface area contributed by atoms with Crippen molar-refractivity contribution in [2.45, 2.75) is 38.1 Å². The number of nitrogens with zero attached hydrogens (tertiary/aromatic N) is 2. The van der Waals surface area contributed by atoms with E-state index in [1.54, 1.807) is 0 Å². The summed E-state index contributed by atoms with van der Waals surface area (Å²) in [4.78, 5) is 16.4. The predicted molar refractivity (Wildman–Crippen MR) is 73.5 cm³/mol. The molecule has 18 heavy (non-hydrogen) atoms. The minimum absolute atomic E-state index is 0.321. The fourth-order valence-corrected chi connectivity index (χ4v) is 3.11. The summed E-state index contributed by atoms with van der Waals surface area (Å²) in [6.45, 7) is 4.31. The Labute approximate surface area is 111 Å². The first-order valence-corrected chi connectivity index (χ1v) is 7.31. The highest BCUT2D eigenvalue weighted by molar-refractivity contribution is 5.75. The molecule has 0 aromatic carbocycles. The van der Waals surface area contributed by atoms with Crippen molar-refractivity contribution in [3.8, 4) is 0 Å². The van der Waals surface area contributed by atoms with Gasteiger partial charge in [0.2, 0.25) is 5.91 Å². The van der Waals surface area contributed by atoms with Crippen LogP contribution in [0.15, 0.2) is 0 Å². The smallest absolute Gasteiger partial charge is 0.222 e. The van der Waals surface area contributed by atoms with Gasteiger partial charge in [-0.2, -0.15) is 0 Å². The molecule has 2 fully saturated rings. The molecule has 4 nitrogen and oxygen atoms in total. The Hall–Kier alpha value is -0.610. The van der Waals surface area contributed by atoms with E-state index in [0.29, 0.717) is 11.9 Å². The van der Waals surface area contributed by atoms with E-state index in [1.807, 2.05) is 11.9 Å². The van der Waals surface area contributed by atoms with Gasteiger partial charge in [-0.25, -0.2) is 0 Å². The van der Waals surface area contributed by atoms with Crippen LogP contribution in [0.2, 0.25) is 0 Å². The molecule has 0 saturated carbocycles. The van der Waals surface area contributed by atoms with Crippen LogP contribution < -0.4 is 5.32 Å². The number of amides is 1. The Balaban J connectivity index is 1.67.